The molecule has 0 spiro atoms. The van der Waals surface area contributed by atoms with Crippen LogP contribution in [-0.2, 0) is 0 Å². The van der Waals surface area contributed by atoms with Crippen LogP contribution in [0.5, 0.6) is 0 Å². The lowest BCUT2D eigenvalue weighted by Crippen LogP contribution is -2.24. The quantitative estimate of drug-likeness (QED) is 0.310. The van der Waals surface area contributed by atoms with Gasteiger partial charge >= 0.3 is 0 Å². The van der Waals surface area contributed by atoms with Gasteiger partial charge in [-0.1, -0.05) is 39.3 Å². The van der Waals surface area contributed by atoms with Crippen LogP contribution in [0, 0.1) is 0 Å². The van der Waals surface area contributed by atoms with Gasteiger partial charge in [0, 0.05) is 49.1 Å². The van der Waals surface area contributed by atoms with Crippen LogP contribution in [0.4, 0.5) is 0 Å². The lowest BCUT2D eigenvalue weighted by molar-refractivity contribution is 0.320. The molecule has 0 heterocycles. The molecule has 5 heteroatoms. The molecule has 0 radical (unpaired) electrons. The Kier molecular flexibility index (Phi) is 16.8. The number of nitrogens with zero attached hydrogens (tertiary/aromatic N) is 3. The summed E-state index contributed by atoms with van der Waals surface area (Å²) in [7, 11) is 6.34. The summed E-state index contributed by atoms with van der Waals surface area (Å²) in [6.07, 6.45) is 14.3. The maximum Gasteiger partial charge on any atom is 0.0706 e. The Balaban J connectivity index is 5.47. The zero-order valence-corrected chi connectivity index (χ0v) is 21.5. The van der Waals surface area contributed by atoms with Crippen LogP contribution in [0.25, 0.3) is 0 Å². The maximum absolute atomic E-state index is 10.1. The van der Waals surface area contributed by atoms with Crippen molar-refractivity contribution in [3.63, 3.8) is 0 Å². The average molecular weight is 438 g/mol. The topological polar surface area (TPSA) is 30.0 Å². The highest BCUT2D eigenvalue weighted by molar-refractivity contribution is 8.02. The Morgan fingerprint density at radius 2 is 1.57 bits per heavy atom. The fourth-order valence-corrected chi connectivity index (χ4v) is 3.92. The molecule has 30 heavy (non-hydrogen) atoms. The molecule has 0 aromatic rings. The van der Waals surface area contributed by atoms with Gasteiger partial charge in [0.2, 0.25) is 0 Å². The molecular formula is C25H47N3OS. The van der Waals surface area contributed by atoms with E-state index in [-0.39, 0.29) is 6.61 Å². The Hall–Kier alpha value is -1.17. The van der Waals surface area contributed by atoms with Crippen LogP contribution in [0.1, 0.15) is 52.9 Å². The van der Waals surface area contributed by atoms with Gasteiger partial charge < -0.3 is 19.8 Å². The highest BCUT2D eigenvalue weighted by atomic mass is 32.2. The number of thioether (sulfide) groups is 1. The van der Waals surface area contributed by atoms with Crippen LogP contribution in [0.2, 0.25) is 0 Å². The van der Waals surface area contributed by atoms with Crippen molar-refractivity contribution in [2.24, 2.45) is 0 Å². The summed E-state index contributed by atoms with van der Waals surface area (Å²) in [6.45, 7) is 15.0. The Morgan fingerprint density at radius 1 is 0.967 bits per heavy atom. The minimum atomic E-state index is 0.0402. The number of hydrogen-bond acceptors (Lipinski definition) is 5. The van der Waals surface area contributed by atoms with E-state index >= 15 is 0 Å². The number of likely N-dealkylation sites (N-methyl/N-ethyl adjacent to an activating group) is 1. The molecule has 0 saturated carbocycles. The second-order valence-electron chi connectivity index (χ2n) is 8.05. The molecule has 0 atom stereocenters. The van der Waals surface area contributed by atoms with Gasteiger partial charge in [-0.2, -0.15) is 0 Å². The van der Waals surface area contributed by atoms with E-state index in [0.29, 0.717) is 0 Å². The molecule has 0 bridgehead atoms. The average Bonchev–Trinajstić information content (AvgIpc) is 2.72. The SMILES string of the molecule is C=C(/C=C(SC)\C(=C\N(CCCC)CCCC)CO)C(=CC)N(C)CCCN(C)C. The number of allylic oxidation sites excluding steroid dienone is 2. The minimum absolute atomic E-state index is 0.0402. The van der Waals surface area contributed by atoms with Gasteiger partial charge in [0.05, 0.1) is 6.61 Å². The number of unbranched alkanes of at least 4 members (excludes halogenated alkanes) is 2. The van der Waals surface area contributed by atoms with E-state index < -0.39 is 0 Å². The third kappa shape index (κ3) is 11.9. The Bertz CT molecular complexity index is 559. The largest absolute Gasteiger partial charge is 0.392 e. The van der Waals surface area contributed by atoms with Crippen LogP contribution < -0.4 is 0 Å². The smallest absolute Gasteiger partial charge is 0.0706 e. The van der Waals surface area contributed by atoms with Crippen LogP contribution >= 0.6 is 11.8 Å². The van der Waals surface area contributed by atoms with Crippen molar-refractivity contribution in [2.45, 2.75) is 52.9 Å². The summed E-state index contributed by atoms with van der Waals surface area (Å²) in [5, 5.41) is 10.1. The summed E-state index contributed by atoms with van der Waals surface area (Å²) in [6, 6.07) is 0. The summed E-state index contributed by atoms with van der Waals surface area (Å²) < 4.78 is 0. The van der Waals surface area contributed by atoms with Crippen molar-refractivity contribution < 1.29 is 5.11 Å². The molecule has 0 amide bonds. The molecule has 0 aliphatic rings. The van der Waals surface area contributed by atoms with Gasteiger partial charge in [-0.25, -0.2) is 0 Å². The fraction of sp³-hybridized carbons (Fsp3) is 0.680. The van der Waals surface area contributed by atoms with E-state index in [4.69, 9.17) is 0 Å². The van der Waals surface area contributed by atoms with E-state index in [0.717, 1.165) is 54.3 Å². The van der Waals surface area contributed by atoms with Gasteiger partial charge in [-0.15, -0.1) is 11.8 Å². The summed E-state index contributed by atoms with van der Waals surface area (Å²) in [4.78, 5) is 7.94. The normalized spacial score (nSPS) is 13.2. The molecule has 1 N–H and O–H groups in total. The number of rotatable bonds is 17. The Labute approximate surface area is 191 Å². The van der Waals surface area contributed by atoms with Crippen molar-refractivity contribution in [1.82, 2.24) is 14.7 Å². The lowest BCUT2D eigenvalue weighted by Gasteiger charge is -2.25. The molecule has 0 rings (SSSR count). The molecule has 0 aromatic carbocycles. The molecular weight excluding hydrogens is 390 g/mol. The molecule has 0 fully saturated rings. The van der Waals surface area contributed by atoms with E-state index in [1.165, 1.54) is 25.7 Å². The highest BCUT2D eigenvalue weighted by Crippen LogP contribution is 2.26. The summed E-state index contributed by atoms with van der Waals surface area (Å²) >= 11 is 1.67. The summed E-state index contributed by atoms with van der Waals surface area (Å²) in [5.41, 5.74) is 3.11. The predicted octanol–water partition coefficient (Wildman–Crippen LogP) is 5.36. The third-order valence-corrected chi connectivity index (χ3v) is 5.88. The second-order valence-corrected chi connectivity index (χ2v) is 8.89. The van der Waals surface area contributed by atoms with E-state index in [1.54, 1.807) is 11.8 Å². The first-order chi connectivity index (χ1) is 14.3. The molecule has 0 saturated heterocycles. The van der Waals surface area contributed by atoms with Gasteiger partial charge in [0.1, 0.15) is 0 Å². The van der Waals surface area contributed by atoms with Crippen LogP contribution in [-0.4, -0.2) is 80.0 Å². The first kappa shape index (κ1) is 28.8. The van der Waals surface area contributed by atoms with Crippen LogP contribution in [0.3, 0.4) is 0 Å². The predicted molar refractivity (Wildman–Crippen MR) is 137 cm³/mol. The van der Waals surface area contributed by atoms with E-state index in [2.05, 4.69) is 87.8 Å². The molecule has 174 valence electrons. The zero-order chi connectivity index (χ0) is 22.9. The fourth-order valence-electron chi connectivity index (χ4n) is 3.28. The van der Waals surface area contributed by atoms with Gasteiger partial charge in [-0.05, 0) is 64.7 Å². The molecule has 0 aromatic heterocycles. The summed E-state index contributed by atoms with van der Waals surface area (Å²) in [5.74, 6) is 0. The lowest BCUT2D eigenvalue weighted by atomic mass is 10.1. The molecule has 0 aliphatic heterocycles. The highest BCUT2D eigenvalue weighted by Gasteiger charge is 2.11. The maximum atomic E-state index is 10.1. The minimum Gasteiger partial charge on any atom is -0.392 e. The Morgan fingerprint density at radius 3 is 2.00 bits per heavy atom. The zero-order valence-electron chi connectivity index (χ0n) is 20.7. The van der Waals surface area contributed by atoms with Gasteiger partial charge in [0.15, 0.2) is 0 Å². The molecule has 0 unspecified atom stereocenters. The van der Waals surface area contributed by atoms with Crippen molar-refractivity contribution >= 4 is 11.8 Å². The van der Waals surface area contributed by atoms with Crippen molar-refractivity contribution in [1.29, 1.82) is 0 Å². The second kappa shape index (κ2) is 17.5. The van der Waals surface area contributed by atoms with Gasteiger partial charge in [0.25, 0.3) is 0 Å². The number of aliphatic hydroxyl groups excluding tert-OH is 1. The standard InChI is InChI=1S/C25H47N3OS/c1-9-12-17-28(18-13-10-2)20-23(21-29)25(30-8)19-22(4)24(11-3)27(7)16-14-15-26(5)6/h11,19-20,29H,4,9-10,12-18,21H2,1-3,5-8H3/b23-20+,24-11?,25-19+. The third-order valence-electron chi connectivity index (χ3n) is 5.06. The van der Waals surface area contributed by atoms with Gasteiger partial charge in [-0.3, -0.25) is 0 Å². The van der Waals surface area contributed by atoms with Crippen molar-refractivity contribution in [2.75, 3.05) is 60.2 Å². The monoisotopic (exact) mass is 437 g/mol. The molecule has 4 nitrogen and oxygen atoms in total. The molecule has 0 aliphatic carbocycles. The van der Waals surface area contributed by atoms with Crippen molar-refractivity contribution in [3.8, 4) is 0 Å². The van der Waals surface area contributed by atoms with Crippen molar-refractivity contribution in [3.05, 3.63) is 46.7 Å². The first-order valence-corrected chi connectivity index (χ1v) is 12.6. The number of aliphatic hydroxyl groups is 1. The van der Waals surface area contributed by atoms with Crippen LogP contribution in [0.15, 0.2) is 46.7 Å². The first-order valence-electron chi connectivity index (χ1n) is 11.4. The van der Waals surface area contributed by atoms with E-state index in [9.17, 15) is 5.11 Å². The van der Waals surface area contributed by atoms with E-state index in [1.807, 2.05) is 0 Å². The number of hydrogen-bond donors (Lipinski definition) is 1.